The Morgan fingerprint density at radius 1 is 1.46 bits per heavy atom. The molecule has 1 aromatic rings. The van der Waals surface area contributed by atoms with Crippen LogP contribution in [0.15, 0.2) is 36.0 Å². The van der Waals surface area contributed by atoms with Gasteiger partial charge in [0.05, 0.1) is 5.71 Å². The molecule has 1 aliphatic heterocycles. The second kappa shape index (κ2) is 9.00. The Bertz CT molecular complexity index is 729. The minimum atomic E-state index is 0.184. The van der Waals surface area contributed by atoms with Gasteiger partial charge in [-0.25, -0.2) is 0 Å². The predicted octanol–water partition coefficient (Wildman–Crippen LogP) is 5.89. The smallest absolute Gasteiger partial charge is 0.0696 e. The number of hydrogen-bond acceptors (Lipinski definition) is 3. The van der Waals surface area contributed by atoms with Crippen LogP contribution in [0.4, 0.5) is 0 Å². The van der Waals surface area contributed by atoms with E-state index in [0.717, 1.165) is 48.4 Å². The van der Waals surface area contributed by atoms with Gasteiger partial charge in [0.2, 0.25) is 0 Å². The van der Waals surface area contributed by atoms with Crippen LogP contribution in [0.25, 0.3) is 0 Å². The van der Waals surface area contributed by atoms with Crippen molar-refractivity contribution in [1.82, 2.24) is 10.7 Å². The lowest BCUT2D eigenvalue weighted by atomic mass is 9.61. The molecule has 2 N–H and O–H groups in total. The van der Waals surface area contributed by atoms with Crippen molar-refractivity contribution in [3.8, 4) is 0 Å². The molecule has 4 heteroatoms. The summed E-state index contributed by atoms with van der Waals surface area (Å²) in [6.45, 7) is 11.0. The molecule has 5 atom stereocenters. The maximum absolute atomic E-state index is 6.79. The Morgan fingerprint density at radius 3 is 2.89 bits per heavy atom. The lowest BCUT2D eigenvalue weighted by Crippen LogP contribution is -2.43. The molecule has 0 spiro atoms. The third-order valence-electron chi connectivity index (χ3n) is 7.17. The van der Waals surface area contributed by atoms with Crippen LogP contribution in [-0.4, -0.2) is 24.8 Å². The minimum Gasteiger partial charge on any atom is -0.317 e. The molecule has 4 unspecified atom stereocenters. The van der Waals surface area contributed by atoms with Crippen molar-refractivity contribution in [2.75, 3.05) is 7.05 Å². The van der Waals surface area contributed by atoms with E-state index in [1.807, 2.05) is 0 Å². The number of rotatable bonds is 7. The van der Waals surface area contributed by atoms with E-state index in [9.17, 15) is 0 Å². The molecular formula is C24H36ClN3. The second-order valence-corrected chi connectivity index (χ2v) is 9.39. The van der Waals surface area contributed by atoms with Crippen molar-refractivity contribution in [3.05, 3.63) is 47.0 Å². The maximum Gasteiger partial charge on any atom is 0.0696 e. The van der Waals surface area contributed by atoms with Gasteiger partial charge >= 0.3 is 0 Å². The summed E-state index contributed by atoms with van der Waals surface area (Å²) in [6, 6.07) is 7.52. The Kier molecular flexibility index (Phi) is 6.88. The molecule has 2 aliphatic rings. The first-order valence-corrected chi connectivity index (χ1v) is 11.2. The molecular weight excluding hydrogens is 366 g/mol. The summed E-state index contributed by atoms with van der Waals surface area (Å²) in [7, 11) is 2.06. The fraction of sp³-hybridized carbons (Fsp3) is 0.625. The molecule has 0 aromatic heterocycles. The molecule has 1 fully saturated rings. The first kappa shape index (κ1) is 21.4. The summed E-state index contributed by atoms with van der Waals surface area (Å²) in [5.74, 6) is 1.06. The van der Waals surface area contributed by atoms with E-state index in [4.69, 9.17) is 11.6 Å². The number of nitrogens with one attached hydrogen (secondary N) is 2. The van der Waals surface area contributed by atoms with Gasteiger partial charge in [-0.3, -0.25) is 0 Å². The van der Waals surface area contributed by atoms with Crippen molar-refractivity contribution in [2.24, 2.45) is 16.4 Å². The lowest BCUT2D eigenvalue weighted by Gasteiger charge is -2.46. The normalized spacial score (nSPS) is 31.2. The minimum absolute atomic E-state index is 0.184. The Labute approximate surface area is 176 Å². The van der Waals surface area contributed by atoms with E-state index in [2.05, 4.69) is 74.5 Å². The van der Waals surface area contributed by atoms with Crippen LogP contribution in [0.3, 0.4) is 0 Å². The third-order valence-corrected chi connectivity index (χ3v) is 7.50. The van der Waals surface area contributed by atoms with Crippen LogP contribution >= 0.6 is 11.6 Å². The first-order valence-electron chi connectivity index (χ1n) is 10.8. The molecule has 3 rings (SSSR count). The number of halogens is 1. The van der Waals surface area contributed by atoms with Gasteiger partial charge in [0.1, 0.15) is 0 Å². The van der Waals surface area contributed by atoms with Crippen LogP contribution in [-0.2, 0) is 0 Å². The Hall–Kier alpha value is -1.32. The highest BCUT2D eigenvalue weighted by Gasteiger charge is 2.41. The van der Waals surface area contributed by atoms with Gasteiger partial charge in [-0.2, -0.15) is 5.10 Å². The zero-order valence-corrected chi connectivity index (χ0v) is 18.6. The van der Waals surface area contributed by atoms with Gasteiger partial charge in [-0.05, 0) is 74.1 Å². The lowest BCUT2D eigenvalue weighted by molar-refractivity contribution is 0.122. The van der Waals surface area contributed by atoms with Crippen LogP contribution in [0, 0.1) is 11.3 Å². The molecule has 1 aromatic carbocycles. The third kappa shape index (κ3) is 4.31. The monoisotopic (exact) mass is 401 g/mol. The molecule has 0 bridgehead atoms. The summed E-state index contributed by atoms with van der Waals surface area (Å²) >= 11 is 6.79. The van der Waals surface area contributed by atoms with Gasteiger partial charge in [0.25, 0.3) is 0 Å². The molecule has 154 valence electrons. The van der Waals surface area contributed by atoms with Crippen LogP contribution in [0.5, 0.6) is 0 Å². The van der Waals surface area contributed by atoms with Crippen molar-refractivity contribution < 1.29 is 0 Å². The van der Waals surface area contributed by atoms with Gasteiger partial charge < -0.3 is 10.7 Å². The molecule has 3 nitrogen and oxygen atoms in total. The van der Waals surface area contributed by atoms with Crippen molar-refractivity contribution >= 4 is 17.3 Å². The summed E-state index contributed by atoms with van der Waals surface area (Å²) in [4.78, 5) is 0. The highest BCUT2D eigenvalue weighted by molar-refractivity contribution is 6.31. The highest BCUT2D eigenvalue weighted by Crippen LogP contribution is 2.50. The van der Waals surface area contributed by atoms with E-state index in [0.29, 0.717) is 23.9 Å². The van der Waals surface area contributed by atoms with Crippen molar-refractivity contribution in [2.45, 2.75) is 77.3 Å². The molecule has 1 aliphatic carbocycles. The molecule has 1 saturated carbocycles. The predicted molar refractivity (Wildman–Crippen MR) is 121 cm³/mol. The SMILES string of the molecule is C=CC1(C)CCC(c2ccc(C3=NNC(CCC)C3)cc2Cl)CC1[C@@H](C)NC. The fourth-order valence-electron chi connectivity index (χ4n) is 5.11. The second-order valence-electron chi connectivity index (χ2n) is 8.98. The molecule has 0 saturated heterocycles. The molecule has 1 heterocycles. The van der Waals surface area contributed by atoms with Crippen LogP contribution < -0.4 is 10.7 Å². The number of nitrogens with zero attached hydrogens (tertiary/aromatic N) is 1. The zero-order chi connectivity index (χ0) is 20.3. The fourth-order valence-corrected chi connectivity index (χ4v) is 5.44. The molecule has 0 radical (unpaired) electrons. The molecule has 0 amide bonds. The average Bonchev–Trinajstić information content (AvgIpc) is 3.17. The number of benzene rings is 1. The van der Waals surface area contributed by atoms with Crippen LogP contribution in [0.1, 0.15) is 76.3 Å². The summed E-state index contributed by atoms with van der Waals surface area (Å²) in [5, 5.41) is 8.91. The van der Waals surface area contributed by atoms with E-state index >= 15 is 0 Å². The van der Waals surface area contributed by atoms with E-state index in [1.165, 1.54) is 12.0 Å². The number of hydrazone groups is 1. The summed E-state index contributed by atoms with van der Waals surface area (Å²) in [6.07, 6.45) is 8.97. The van der Waals surface area contributed by atoms with E-state index in [1.54, 1.807) is 0 Å². The van der Waals surface area contributed by atoms with Gasteiger partial charge in [-0.15, -0.1) is 6.58 Å². The first-order chi connectivity index (χ1) is 13.4. The van der Waals surface area contributed by atoms with E-state index < -0.39 is 0 Å². The van der Waals surface area contributed by atoms with Crippen LogP contribution in [0.2, 0.25) is 5.02 Å². The quantitative estimate of drug-likeness (QED) is 0.559. The largest absolute Gasteiger partial charge is 0.317 e. The van der Waals surface area contributed by atoms with E-state index in [-0.39, 0.29) is 5.41 Å². The van der Waals surface area contributed by atoms with Crippen molar-refractivity contribution in [1.29, 1.82) is 0 Å². The highest BCUT2D eigenvalue weighted by atomic mass is 35.5. The van der Waals surface area contributed by atoms with Gasteiger partial charge in [0, 0.05) is 23.5 Å². The zero-order valence-electron chi connectivity index (χ0n) is 17.9. The summed E-state index contributed by atoms with van der Waals surface area (Å²) < 4.78 is 0. The number of hydrogen-bond donors (Lipinski definition) is 2. The van der Waals surface area contributed by atoms with Gasteiger partial charge in [-0.1, -0.05) is 50.1 Å². The molecule has 28 heavy (non-hydrogen) atoms. The Balaban J connectivity index is 1.76. The Morgan fingerprint density at radius 2 is 2.25 bits per heavy atom. The average molecular weight is 402 g/mol. The summed E-state index contributed by atoms with van der Waals surface area (Å²) in [5.41, 5.74) is 7.04. The topological polar surface area (TPSA) is 36.4 Å². The maximum atomic E-state index is 6.79. The number of allylic oxidation sites excluding steroid dienone is 1. The van der Waals surface area contributed by atoms with Gasteiger partial charge in [0.15, 0.2) is 0 Å². The standard InChI is InChI=1S/C24H36ClN3/c1-6-8-19-15-23(28-27-19)18-9-10-20(22(25)14-18)17-11-12-24(4,7-2)21(13-17)16(3)26-5/h7,9-10,14,16-17,19,21,26-27H,2,6,8,11-13,15H2,1,3-5H3/t16-,17?,19?,21?,24?/m1/s1. The van der Waals surface area contributed by atoms with Crippen molar-refractivity contribution in [3.63, 3.8) is 0 Å².